The normalized spacial score (nSPS) is 15.5. The van der Waals surface area contributed by atoms with Gasteiger partial charge >= 0.3 is 0 Å². The van der Waals surface area contributed by atoms with Crippen LogP contribution in [-0.2, 0) is 11.3 Å². The molecule has 160 valence electrons. The van der Waals surface area contributed by atoms with Crippen molar-refractivity contribution in [2.75, 3.05) is 12.5 Å². The number of nitrogens with zero attached hydrogens (tertiary/aromatic N) is 2. The fraction of sp³-hybridized carbons (Fsp3) is 0.348. The Bertz CT molecular complexity index is 1190. The van der Waals surface area contributed by atoms with Crippen LogP contribution in [0.1, 0.15) is 37.3 Å². The molecule has 2 aliphatic rings. The number of carbonyl (C=O) groups is 1. The van der Waals surface area contributed by atoms with Crippen LogP contribution in [0.2, 0.25) is 0 Å². The first-order valence-electron chi connectivity index (χ1n) is 10.5. The second-order valence-electron chi connectivity index (χ2n) is 7.78. The van der Waals surface area contributed by atoms with Crippen LogP contribution in [0.4, 0.5) is 0 Å². The van der Waals surface area contributed by atoms with Crippen LogP contribution in [0.3, 0.4) is 0 Å². The molecule has 1 amide bonds. The summed E-state index contributed by atoms with van der Waals surface area (Å²) in [6.07, 6.45) is 4.18. The summed E-state index contributed by atoms with van der Waals surface area (Å²) in [5.41, 5.74) is 1.60. The number of para-hydroxylation sites is 1. The predicted molar refractivity (Wildman–Crippen MR) is 119 cm³/mol. The molecule has 0 spiro atoms. The average Bonchev–Trinajstić information content (AvgIpc) is 3.48. The van der Waals surface area contributed by atoms with Gasteiger partial charge in [0.1, 0.15) is 0 Å². The number of thioether (sulfide) groups is 1. The van der Waals surface area contributed by atoms with Gasteiger partial charge in [0, 0.05) is 12.6 Å². The molecule has 1 N–H and O–H groups in total. The summed E-state index contributed by atoms with van der Waals surface area (Å²) in [5, 5.41) is 4.18. The van der Waals surface area contributed by atoms with Crippen molar-refractivity contribution in [2.45, 2.75) is 43.4 Å². The summed E-state index contributed by atoms with van der Waals surface area (Å²) in [4.78, 5) is 30.4. The number of carbonyl (C=O) groups excluding carboxylic acids is 1. The van der Waals surface area contributed by atoms with Crippen LogP contribution in [0.25, 0.3) is 10.9 Å². The smallest absolute Gasteiger partial charge is 0.262 e. The van der Waals surface area contributed by atoms with E-state index in [0.717, 1.165) is 37.0 Å². The van der Waals surface area contributed by atoms with E-state index >= 15 is 0 Å². The zero-order valence-electron chi connectivity index (χ0n) is 17.0. The average molecular weight is 438 g/mol. The zero-order chi connectivity index (χ0) is 21.2. The summed E-state index contributed by atoms with van der Waals surface area (Å²) < 4.78 is 12.5. The van der Waals surface area contributed by atoms with Gasteiger partial charge < -0.3 is 14.8 Å². The predicted octanol–water partition coefficient (Wildman–Crippen LogP) is 3.65. The molecular weight excluding hydrogens is 414 g/mol. The topological polar surface area (TPSA) is 82.5 Å². The summed E-state index contributed by atoms with van der Waals surface area (Å²) in [7, 11) is 0. The lowest BCUT2D eigenvalue weighted by atomic mass is 10.2. The molecule has 1 fully saturated rings. The molecule has 0 atom stereocenters. The Morgan fingerprint density at radius 1 is 1.13 bits per heavy atom. The number of rotatable bonds is 6. The molecule has 5 rings (SSSR count). The number of hydrogen-bond acceptors (Lipinski definition) is 6. The fourth-order valence-corrected chi connectivity index (χ4v) is 5.04. The first kappa shape index (κ1) is 19.9. The summed E-state index contributed by atoms with van der Waals surface area (Å²) >= 11 is 1.32. The Morgan fingerprint density at radius 3 is 2.81 bits per heavy atom. The third-order valence-corrected chi connectivity index (χ3v) is 6.68. The second kappa shape index (κ2) is 8.63. The van der Waals surface area contributed by atoms with Gasteiger partial charge in [-0.15, -0.1) is 0 Å². The molecule has 31 heavy (non-hydrogen) atoms. The van der Waals surface area contributed by atoms with E-state index in [1.165, 1.54) is 11.8 Å². The third-order valence-electron chi connectivity index (χ3n) is 5.72. The molecule has 3 aromatic rings. The molecule has 1 aliphatic carbocycles. The molecule has 0 saturated heterocycles. The SMILES string of the molecule is O=C(CSc1nc2ccccc2c(=O)n1C1CCCC1)NCc1ccc2c(c1)OCO2. The van der Waals surface area contributed by atoms with Crippen molar-refractivity contribution in [1.29, 1.82) is 0 Å². The van der Waals surface area contributed by atoms with Gasteiger partial charge in [-0.1, -0.05) is 42.8 Å². The Morgan fingerprint density at radius 2 is 1.94 bits per heavy atom. The Balaban J connectivity index is 1.30. The van der Waals surface area contributed by atoms with E-state index in [1.807, 2.05) is 47.0 Å². The molecule has 2 heterocycles. The molecule has 2 aromatic carbocycles. The second-order valence-corrected chi connectivity index (χ2v) is 8.72. The van der Waals surface area contributed by atoms with Gasteiger partial charge in [-0.05, 0) is 42.7 Å². The van der Waals surface area contributed by atoms with Gasteiger partial charge in [-0.25, -0.2) is 4.98 Å². The van der Waals surface area contributed by atoms with Crippen molar-refractivity contribution in [3.05, 3.63) is 58.4 Å². The highest BCUT2D eigenvalue weighted by molar-refractivity contribution is 7.99. The lowest BCUT2D eigenvalue weighted by Gasteiger charge is -2.18. The quantitative estimate of drug-likeness (QED) is 0.468. The van der Waals surface area contributed by atoms with E-state index in [-0.39, 0.29) is 30.1 Å². The minimum atomic E-state index is -0.108. The van der Waals surface area contributed by atoms with Crippen molar-refractivity contribution in [1.82, 2.24) is 14.9 Å². The van der Waals surface area contributed by atoms with Crippen molar-refractivity contribution in [2.24, 2.45) is 0 Å². The largest absolute Gasteiger partial charge is 0.454 e. The molecule has 0 radical (unpaired) electrons. The molecule has 1 saturated carbocycles. The maximum atomic E-state index is 13.2. The van der Waals surface area contributed by atoms with Crippen LogP contribution < -0.4 is 20.3 Å². The van der Waals surface area contributed by atoms with E-state index in [4.69, 9.17) is 14.5 Å². The van der Waals surface area contributed by atoms with E-state index < -0.39 is 0 Å². The Kier molecular flexibility index (Phi) is 5.55. The summed E-state index contributed by atoms with van der Waals surface area (Å²) in [6.45, 7) is 0.625. The Labute approximate surface area is 183 Å². The third kappa shape index (κ3) is 4.12. The van der Waals surface area contributed by atoms with E-state index in [1.54, 1.807) is 0 Å². The van der Waals surface area contributed by atoms with Gasteiger partial charge in [0.25, 0.3) is 5.56 Å². The zero-order valence-corrected chi connectivity index (χ0v) is 17.8. The molecule has 7 nitrogen and oxygen atoms in total. The maximum Gasteiger partial charge on any atom is 0.262 e. The first-order chi connectivity index (χ1) is 15.2. The summed E-state index contributed by atoms with van der Waals surface area (Å²) in [5.74, 6) is 1.50. The van der Waals surface area contributed by atoms with E-state index in [9.17, 15) is 9.59 Å². The molecule has 1 aliphatic heterocycles. The highest BCUT2D eigenvalue weighted by Gasteiger charge is 2.23. The van der Waals surface area contributed by atoms with E-state index in [2.05, 4.69) is 5.32 Å². The monoisotopic (exact) mass is 437 g/mol. The highest BCUT2D eigenvalue weighted by Crippen LogP contribution is 2.33. The van der Waals surface area contributed by atoms with Crippen molar-refractivity contribution < 1.29 is 14.3 Å². The van der Waals surface area contributed by atoms with Gasteiger partial charge in [0.2, 0.25) is 12.7 Å². The number of amides is 1. The Hall–Kier alpha value is -3.00. The standard InChI is InChI=1S/C23H23N3O4S/c27-21(24-12-15-9-10-19-20(11-15)30-14-29-19)13-31-23-25-18-8-4-3-7-17(18)22(28)26(23)16-5-1-2-6-16/h3-4,7-11,16H,1-2,5-6,12-14H2,(H,24,27). The van der Waals surface area contributed by atoms with Crippen molar-refractivity contribution in [3.8, 4) is 11.5 Å². The van der Waals surface area contributed by atoms with Crippen LogP contribution in [0.5, 0.6) is 11.5 Å². The number of nitrogens with one attached hydrogen (secondary N) is 1. The van der Waals surface area contributed by atoms with Gasteiger partial charge in [-0.2, -0.15) is 0 Å². The maximum absolute atomic E-state index is 13.2. The van der Waals surface area contributed by atoms with Crippen molar-refractivity contribution >= 4 is 28.6 Å². The number of ether oxygens (including phenoxy) is 2. The fourth-order valence-electron chi connectivity index (χ4n) is 4.14. The molecule has 0 unspecified atom stereocenters. The van der Waals surface area contributed by atoms with Gasteiger partial charge in [0.05, 0.1) is 16.7 Å². The van der Waals surface area contributed by atoms with Gasteiger partial charge in [0.15, 0.2) is 16.7 Å². The number of fused-ring (bicyclic) bond motifs is 2. The van der Waals surface area contributed by atoms with Crippen LogP contribution in [0.15, 0.2) is 52.4 Å². The van der Waals surface area contributed by atoms with Gasteiger partial charge in [-0.3, -0.25) is 14.2 Å². The number of benzene rings is 2. The lowest BCUT2D eigenvalue weighted by Crippen LogP contribution is -2.28. The minimum absolute atomic E-state index is 0.0132. The minimum Gasteiger partial charge on any atom is -0.454 e. The molecule has 8 heteroatoms. The molecule has 0 bridgehead atoms. The molecule has 1 aromatic heterocycles. The summed E-state index contributed by atoms with van der Waals surface area (Å²) in [6, 6.07) is 13.2. The van der Waals surface area contributed by atoms with Crippen LogP contribution in [-0.4, -0.2) is 28.0 Å². The van der Waals surface area contributed by atoms with E-state index in [0.29, 0.717) is 28.4 Å². The molecular formula is C23H23N3O4S. The number of aromatic nitrogens is 2. The van der Waals surface area contributed by atoms with Crippen LogP contribution >= 0.6 is 11.8 Å². The lowest BCUT2D eigenvalue weighted by molar-refractivity contribution is -0.118. The highest BCUT2D eigenvalue weighted by atomic mass is 32.2. The number of hydrogen-bond donors (Lipinski definition) is 1. The van der Waals surface area contributed by atoms with Crippen molar-refractivity contribution in [3.63, 3.8) is 0 Å². The first-order valence-corrected chi connectivity index (χ1v) is 11.5. The van der Waals surface area contributed by atoms with Crippen LogP contribution in [0, 0.1) is 0 Å².